The van der Waals surface area contributed by atoms with Gasteiger partial charge in [0.1, 0.15) is 0 Å². The molecule has 0 aliphatic carbocycles. The highest BCUT2D eigenvalue weighted by Crippen LogP contribution is 2.33. The number of carbonyl (C=O) groups is 1. The highest BCUT2D eigenvalue weighted by atomic mass is 32.1. The van der Waals surface area contributed by atoms with Crippen molar-refractivity contribution in [3.63, 3.8) is 0 Å². The maximum Gasteiger partial charge on any atom is 0.257 e. The standard InChI is InChI=1S/C18H22N2O3S/c1-6-7-12-8-13(9-15(22-4)16(12)23-5)17(21)20-18-19-14(10-24-18)11(2)3/h6,8-11H,1,7H2,2-5H3,(H,19,20,21). The van der Waals surface area contributed by atoms with Crippen LogP contribution in [0.5, 0.6) is 11.5 Å². The maximum absolute atomic E-state index is 12.6. The Labute approximate surface area is 146 Å². The van der Waals surface area contributed by atoms with Gasteiger partial charge in [0.25, 0.3) is 5.91 Å². The summed E-state index contributed by atoms with van der Waals surface area (Å²) in [4.78, 5) is 17.0. The summed E-state index contributed by atoms with van der Waals surface area (Å²) in [6.45, 7) is 7.88. The zero-order valence-corrected chi connectivity index (χ0v) is 15.2. The Bertz CT molecular complexity index is 738. The number of hydrogen-bond acceptors (Lipinski definition) is 5. The average molecular weight is 346 g/mol. The lowest BCUT2D eigenvalue weighted by atomic mass is 10.1. The first-order valence-corrected chi connectivity index (χ1v) is 8.50. The van der Waals surface area contributed by atoms with Crippen LogP contribution in [0.15, 0.2) is 30.2 Å². The van der Waals surface area contributed by atoms with Crippen molar-refractivity contribution in [3.8, 4) is 11.5 Å². The number of aromatic nitrogens is 1. The fraction of sp³-hybridized carbons (Fsp3) is 0.333. The fourth-order valence-electron chi connectivity index (χ4n) is 2.26. The number of ether oxygens (including phenoxy) is 2. The van der Waals surface area contributed by atoms with E-state index in [0.29, 0.717) is 34.5 Å². The molecule has 0 bridgehead atoms. The van der Waals surface area contributed by atoms with E-state index in [1.54, 1.807) is 32.4 Å². The molecular weight excluding hydrogens is 324 g/mol. The molecule has 0 saturated carbocycles. The number of benzene rings is 1. The van der Waals surface area contributed by atoms with E-state index in [-0.39, 0.29) is 5.91 Å². The van der Waals surface area contributed by atoms with Gasteiger partial charge in [0.2, 0.25) is 0 Å². The molecule has 0 saturated heterocycles. The molecule has 1 aromatic heterocycles. The van der Waals surface area contributed by atoms with E-state index in [4.69, 9.17) is 9.47 Å². The van der Waals surface area contributed by atoms with Crippen LogP contribution in [0.3, 0.4) is 0 Å². The van der Waals surface area contributed by atoms with E-state index in [1.165, 1.54) is 11.3 Å². The monoisotopic (exact) mass is 346 g/mol. The van der Waals surface area contributed by atoms with Crippen LogP contribution in [0.1, 0.15) is 41.4 Å². The molecule has 0 aliphatic heterocycles. The van der Waals surface area contributed by atoms with Gasteiger partial charge in [-0.2, -0.15) is 0 Å². The molecule has 2 aromatic rings. The van der Waals surface area contributed by atoms with Crippen molar-refractivity contribution in [2.24, 2.45) is 0 Å². The quantitative estimate of drug-likeness (QED) is 0.761. The Kier molecular flexibility index (Phi) is 5.98. The Morgan fingerprint density at radius 1 is 1.38 bits per heavy atom. The van der Waals surface area contributed by atoms with Crippen molar-refractivity contribution in [2.75, 3.05) is 19.5 Å². The summed E-state index contributed by atoms with van der Waals surface area (Å²) in [6.07, 6.45) is 2.34. The van der Waals surface area contributed by atoms with Gasteiger partial charge >= 0.3 is 0 Å². The van der Waals surface area contributed by atoms with E-state index in [2.05, 4.69) is 30.7 Å². The number of allylic oxidation sites excluding steroid dienone is 1. The molecule has 0 fully saturated rings. The lowest BCUT2D eigenvalue weighted by molar-refractivity contribution is 0.102. The van der Waals surface area contributed by atoms with Crippen LogP contribution in [0.2, 0.25) is 0 Å². The zero-order chi connectivity index (χ0) is 17.7. The fourth-order valence-corrected chi connectivity index (χ4v) is 3.13. The molecular formula is C18H22N2O3S. The van der Waals surface area contributed by atoms with Gasteiger partial charge in [0.15, 0.2) is 16.6 Å². The van der Waals surface area contributed by atoms with Gasteiger partial charge in [-0.05, 0) is 24.5 Å². The molecule has 1 amide bonds. The Hall–Kier alpha value is -2.34. The van der Waals surface area contributed by atoms with Crippen molar-refractivity contribution in [2.45, 2.75) is 26.2 Å². The first kappa shape index (κ1) is 18.0. The molecule has 128 valence electrons. The van der Waals surface area contributed by atoms with Crippen molar-refractivity contribution >= 4 is 22.4 Å². The predicted molar refractivity (Wildman–Crippen MR) is 97.6 cm³/mol. The highest BCUT2D eigenvalue weighted by molar-refractivity contribution is 7.14. The van der Waals surface area contributed by atoms with Crippen molar-refractivity contribution in [1.29, 1.82) is 0 Å². The smallest absolute Gasteiger partial charge is 0.257 e. The number of hydrogen-bond donors (Lipinski definition) is 1. The summed E-state index contributed by atoms with van der Waals surface area (Å²) >= 11 is 1.42. The second kappa shape index (κ2) is 7.97. The van der Waals surface area contributed by atoms with Crippen LogP contribution in [0, 0.1) is 0 Å². The van der Waals surface area contributed by atoms with Crippen molar-refractivity contribution in [1.82, 2.24) is 4.98 Å². The van der Waals surface area contributed by atoms with Crippen molar-refractivity contribution in [3.05, 3.63) is 47.0 Å². The first-order valence-electron chi connectivity index (χ1n) is 7.62. The number of nitrogens with one attached hydrogen (secondary N) is 1. The molecule has 0 spiro atoms. The van der Waals surface area contributed by atoms with Crippen LogP contribution < -0.4 is 14.8 Å². The number of methoxy groups -OCH3 is 2. The van der Waals surface area contributed by atoms with Gasteiger partial charge in [-0.25, -0.2) is 4.98 Å². The molecule has 5 nitrogen and oxygen atoms in total. The lowest BCUT2D eigenvalue weighted by Gasteiger charge is -2.14. The van der Waals surface area contributed by atoms with Gasteiger partial charge in [-0.1, -0.05) is 19.9 Å². The summed E-state index contributed by atoms with van der Waals surface area (Å²) < 4.78 is 10.7. The minimum absolute atomic E-state index is 0.231. The van der Waals surface area contributed by atoms with Gasteiger partial charge < -0.3 is 9.47 Å². The average Bonchev–Trinajstić information content (AvgIpc) is 3.03. The molecule has 0 unspecified atom stereocenters. The lowest BCUT2D eigenvalue weighted by Crippen LogP contribution is -2.13. The van der Waals surface area contributed by atoms with Gasteiger partial charge in [-0.15, -0.1) is 17.9 Å². The van der Waals surface area contributed by atoms with Crippen LogP contribution in [-0.4, -0.2) is 25.1 Å². The number of anilines is 1. The molecule has 0 aliphatic rings. The Balaban J connectivity index is 2.30. The third kappa shape index (κ3) is 3.94. The van der Waals surface area contributed by atoms with Crippen LogP contribution in [0.4, 0.5) is 5.13 Å². The molecule has 1 N–H and O–H groups in total. The summed E-state index contributed by atoms with van der Waals surface area (Å²) in [7, 11) is 3.13. The second-order valence-corrected chi connectivity index (χ2v) is 6.41. The van der Waals surface area contributed by atoms with Crippen molar-refractivity contribution < 1.29 is 14.3 Å². The molecule has 24 heavy (non-hydrogen) atoms. The first-order chi connectivity index (χ1) is 11.5. The highest BCUT2D eigenvalue weighted by Gasteiger charge is 2.17. The summed E-state index contributed by atoms with van der Waals surface area (Å²) in [5, 5.41) is 5.38. The van der Waals surface area contributed by atoms with Crippen LogP contribution in [-0.2, 0) is 6.42 Å². The topological polar surface area (TPSA) is 60.5 Å². The van der Waals surface area contributed by atoms with E-state index < -0.39 is 0 Å². The van der Waals surface area contributed by atoms with Crippen LogP contribution >= 0.6 is 11.3 Å². The molecule has 0 radical (unpaired) electrons. The van der Waals surface area contributed by atoms with Gasteiger partial charge in [0.05, 0.1) is 19.9 Å². The third-order valence-electron chi connectivity index (χ3n) is 3.52. The zero-order valence-electron chi connectivity index (χ0n) is 14.4. The second-order valence-electron chi connectivity index (χ2n) is 5.55. The van der Waals surface area contributed by atoms with E-state index in [1.807, 2.05) is 5.38 Å². The van der Waals surface area contributed by atoms with Gasteiger partial charge in [-0.3, -0.25) is 10.1 Å². The molecule has 6 heteroatoms. The van der Waals surface area contributed by atoms with Crippen LogP contribution in [0.25, 0.3) is 0 Å². The Morgan fingerprint density at radius 3 is 2.67 bits per heavy atom. The summed E-state index contributed by atoms with van der Waals surface area (Å²) in [5.41, 5.74) is 2.31. The van der Waals surface area contributed by atoms with E-state index in [0.717, 1.165) is 11.3 Å². The largest absolute Gasteiger partial charge is 0.493 e. The Morgan fingerprint density at radius 2 is 2.12 bits per heavy atom. The summed E-state index contributed by atoms with van der Waals surface area (Å²) in [6, 6.07) is 3.45. The minimum atomic E-state index is -0.231. The normalized spacial score (nSPS) is 10.5. The maximum atomic E-state index is 12.6. The van der Waals surface area contributed by atoms with E-state index in [9.17, 15) is 4.79 Å². The van der Waals surface area contributed by atoms with Gasteiger partial charge in [0, 0.05) is 16.5 Å². The number of thiazole rings is 1. The minimum Gasteiger partial charge on any atom is -0.493 e. The summed E-state index contributed by atoms with van der Waals surface area (Å²) in [5.74, 6) is 1.23. The number of nitrogens with zero attached hydrogens (tertiary/aromatic N) is 1. The molecule has 0 atom stereocenters. The number of carbonyl (C=O) groups excluding carboxylic acids is 1. The predicted octanol–water partition coefficient (Wildman–Crippen LogP) is 4.26. The molecule has 2 rings (SSSR count). The number of rotatable bonds is 7. The SMILES string of the molecule is C=CCc1cc(C(=O)Nc2nc(C(C)C)cs2)cc(OC)c1OC. The third-order valence-corrected chi connectivity index (χ3v) is 4.29. The molecule has 1 aromatic carbocycles. The van der Waals surface area contributed by atoms with E-state index >= 15 is 0 Å². The number of amides is 1. The molecule has 1 heterocycles.